The van der Waals surface area contributed by atoms with Gasteiger partial charge in [-0.2, -0.15) is 5.10 Å². The molecule has 4 aromatic rings. The Balaban J connectivity index is 1.56. The summed E-state index contributed by atoms with van der Waals surface area (Å²) in [6.45, 7) is 4.61. The number of aromatic nitrogens is 4. The molecule has 6 rings (SSSR count). The molecule has 8 nitrogen and oxygen atoms in total. The van der Waals surface area contributed by atoms with E-state index in [2.05, 4.69) is 34.7 Å². The lowest BCUT2D eigenvalue weighted by molar-refractivity contribution is 0.170. The molecule has 3 atom stereocenters. The summed E-state index contributed by atoms with van der Waals surface area (Å²) in [5.74, 6) is 1.65. The number of hydroxylamine groups is 1. The topological polar surface area (TPSA) is 113 Å². The molecule has 2 aliphatic rings. The highest BCUT2D eigenvalue weighted by atomic mass is 16.5. The Morgan fingerprint density at radius 2 is 2.06 bits per heavy atom. The molecule has 0 radical (unpaired) electrons. The van der Waals surface area contributed by atoms with Crippen LogP contribution in [0, 0.1) is 11.3 Å². The zero-order valence-electron chi connectivity index (χ0n) is 19.1. The van der Waals surface area contributed by atoms with Crippen LogP contribution in [0.25, 0.3) is 16.9 Å². The monoisotopic (exact) mass is 454 g/mol. The minimum absolute atomic E-state index is 0.0433. The van der Waals surface area contributed by atoms with Crippen LogP contribution in [0.5, 0.6) is 0 Å². The standard InChI is InChI=1S/C26H26N6O2/c1-15-21-10-9-20-22(17-4-3-11-28-13-17)30-32(19-7-5-16(6-8-19)25(27)31-33)24(20)26(21,2)12-18-14-29-34-23(15)18/h3-8,11,13-15,21,33H,9-10,12H2,1-2H3,(H2,27,31)/t15-,21-,26-/m1/s1. The van der Waals surface area contributed by atoms with Crippen molar-refractivity contribution in [1.29, 1.82) is 5.41 Å². The number of benzene rings is 1. The first kappa shape index (κ1) is 20.8. The van der Waals surface area contributed by atoms with Crippen LogP contribution in [0.2, 0.25) is 0 Å². The van der Waals surface area contributed by atoms with Gasteiger partial charge in [0.15, 0.2) is 0 Å². The molecule has 172 valence electrons. The Morgan fingerprint density at radius 1 is 1.24 bits per heavy atom. The van der Waals surface area contributed by atoms with Gasteiger partial charge in [0.1, 0.15) is 11.6 Å². The van der Waals surface area contributed by atoms with E-state index in [1.54, 1.807) is 6.20 Å². The van der Waals surface area contributed by atoms with Crippen molar-refractivity contribution in [3.05, 3.63) is 83.1 Å². The molecule has 3 heterocycles. The molecule has 3 aromatic heterocycles. The van der Waals surface area contributed by atoms with Crippen LogP contribution in [0.3, 0.4) is 0 Å². The van der Waals surface area contributed by atoms with E-state index in [1.165, 1.54) is 16.8 Å². The van der Waals surface area contributed by atoms with Gasteiger partial charge in [0.25, 0.3) is 0 Å². The Hall–Kier alpha value is -3.78. The number of nitrogens with zero attached hydrogens (tertiary/aromatic N) is 4. The summed E-state index contributed by atoms with van der Waals surface area (Å²) in [5, 5.41) is 26.2. The maximum Gasteiger partial charge on any atom is 0.149 e. The van der Waals surface area contributed by atoms with Crippen molar-refractivity contribution in [2.24, 2.45) is 5.92 Å². The van der Waals surface area contributed by atoms with Crippen LogP contribution < -0.4 is 5.48 Å². The largest absolute Gasteiger partial charge is 0.361 e. The smallest absolute Gasteiger partial charge is 0.149 e. The lowest BCUT2D eigenvalue weighted by Gasteiger charge is -2.47. The zero-order chi connectivity index (χ0) is 23.4. The van der Waals surface area contributed by atoms with Crippen molar-refractivity contribution in [2.75, 3.05) is 0 Å². The molecule has 3 N–H and O–H groups in total. The van der Waals surface area contributed by atoms with Gasteiger partial charge < -0.3 is 4.52 Å². The molecular weight excluding hydrogens is 428 g/mol. The second-order valence-electron chi connectivity index (χ2n) is 9.61. The van der Waals surface area contributed by atoms with E-state index in [9.17, 15) is 0 Å². The van der Waals surface area contributed by atoms with Gasteiger partial charge in [-0.05, 0) is 61.6 Å². The van der Waals surface area contributed by atoms with Gasteiger partial charge in [0.2, 0.25) is 0 Å². The van der Waals surface area contributed by atoms with Crippen LogP contribution in [-0.4, -0.2) is 31.0 Å². The van der Waals surface area contributed by atoms with Crippen LogP contribution >= 0.6 is 0 Å². The van der Waals surface area contributed by atoms with Crippen molar-refractivity contribution in [3.63, 3.8) is 0 Å². The minimum atomic E-state index is -0.142. The van der Waals surface area contributed by atoms with Crippen molar-refractivity contribution in [1.82, 2.24) is 25.4 Å². The summed E-state index contributed by atoms with van der Waals surface area (Å²) < 4.78 is 7.74. The predicted octanol–water partition coefficient (Wildman–Crippen LogP) is 4.41. The lowest BCUT2D eigenvalue weighted by Crippen LogP contribution is -2.45. The quantitative estimate of drug-likeness (QED) is 0.240. The van der Waals surface area contributed by atoms with Gasteiger partial charge in [0, 0.05) is 46.0 Å². The van der Waals surface area contributed by atoms with Crippen molar-refractivity contribution in [2.45, 2.75) is 44.4 Å². The molecule has 0 amide bonds. The van der Waals surface area contributed by atoms with Crippen molar-refractivity contribution >= 4 is 5.84 Å². The molecule has 0 aliphatic heterocycles. The first-order valence-corrected chi connectivity index (χ1v) is 11.6. The highest BCUT2D eigenvalue weighted by Crippen LogP contribution is 2.55. The highest BCUT2D eigenvalue weighted by molar-refractivity contribution is 5.95. The van der Waals surface area contributed by atoms with E-state index >= 15 is 0 Å². The number of pyridine rings is 1. The van der Waals surface area contributed by atoms with E-state index in [-0.39, 0.29) is 17.2 Å². The van der Waals surface area contributed by atoms with Gasteiger partial charge >= 0.3 is 0 Å². The molecule has 0 unspecified atom stereocenters. The summed E-state index contributed by atoms with van der Waals surface area (Å²) in [5.41, 5.74) is 8.95. The van der Waals surface area contributed by atoms with Gasteiger partial charge in [-0.1, -0.05) is 19.0 Å². The van der Waals surface area contributed by atoms with Gasteiger partial charge in [-0.15, -0.1) is 0 Å². The van der Waals surface area contributed by atoms with Gasteiger partial charge in [-0.25, -0.2) is 4.68 Å². The average molecular weight is 455 g/mol. The molecule has 0 fully saturated rings. The van der Waals surface area contributed by atoms with E-state index < -0.39 is 0 Å². The Kier molecular flexibility index (Phi) is 4.67. The normalized spacial score (nSPS) is 23.0. The van der Waals surface area contributed by atoms with Gasteiger partial charge in [-0.3, -0.25) is 21.1 Å². The van der Waals surface area contributed by atoms with E-state index in [0.717, 1.165) is 42.0 Å². The van der Waals surface area contributed by atoms with Crippen LogP contribution in [0.15, 0.2) is 59.5 Å². The average Bonchev–Trinajstić information content (AvgIpc) is 3.49. The molecule has 0 bridgehead atoms. The molecule has 2 aliphatic carbocycles. The van der Waals surface area contributed by atoms with Crippen molar-refractivity contribution in [3.8, 4) is 16.9 Å². The second-order valence-corrected chi connectivity index (χ2v) is 9.61. The van der Waals surface area contributed by atoms with Crippen LogP contribution in [0.1, 0.15) is 54.3 Å². The maximum absolute atomic E-state index is 9.10. The Labute approximate surface area is 197 Å². The van der Waals surface area contributed by atoms with E-state index in [4.69, 9.17) is 20.2 Å². The first-order valence-electron chi connectivity index (χ1n) is 11.6. The first-order chi connectivity index (χ1) is 16.5. The van der Waals surface area contributed by atoms with Gasteiger partial charge in [0.05, 0.1) is 23.3 Å². The molecular formula is C26H26N6O2. The number of hydrogen-bond donors (Lipinski definition) is 3. The SMILES string of the molecule is C[C@H]1c2oncc2C[C@@]2(C)c3c(c(-c4cccnc4)nn3-c3ccc(C(=N)NO)cc3)CC[C@H]12. The summed E-state index contributed by atoms with van der Waals surface area (Å²) >= 11 is 0. The summed E-state index contributed by atoms with van der Waals surface area (Å²) in [6.07, 6.45) is 8.37. The number of rotatable bonds is 3. The molecule has 1 aromatic carbocycles. The Morgan fingerprint density at radius 3 is 2.79 bits per heavy atom. The zero-order valence-corrected chi connectivity index (χ0v) is 19.1. The number of fused-ring (bicyclic) bond motifs is 4. The number of nitrogens with one attached hydrogen (secondary N) is 2. The third kappa shape index (κ3) is 2.95. The summed E-state index contributed by atoms with van der Waals surface area (Å²) in [7, 11) is 0. The third-order valence-corrected chi connectivity index (χ3v) is 7.75. The highest BCUT2D eigenvalue weighted by Gasteiger charge is 2.51. The summed E-state index contributed by atoms with van der Waals surface area (Å²) in [4.78, 5) is 4.34. The third-order valence-electron chi connectivity index (χ3n) is 7.75. The molecule has 0 spiro atoms. The van der Waals surface area contributed by atoms with E-state index in [1.807, 2.05) is 48.2 Å². The maximum atomic E-state index is 9.10. The molecule has 0 saturated carbocycles. The lowest BCUT2D eigenvalue weighted by atomic mass is 9.56. The number of amidine groups is 1. The van der Waals surface area contributed by atoms with Crippen LogP contribution in [-0.2, 0) is 18.3 Å². The minimum Gasteiger partial charge on any atom is -0.361 e. The van der Waals surface area contributed by atoms with E-state index in [0.29, 0.717) is 11.5 Å². The number of hydrogen-bond acceptors (Lipinski definition) is 6. The molecule has 0 saturated heterocycles. The Bertz CT molecular complexity index is 1370. The fourth-order valence-corrected chi connectivity index (χ4v) is 6.20. The fraction of sp³-hybridized carbons (Fsp3) is 0.308. The summed E-state index contributed by atoms with van der Waals surface area (Å²) in [6, 6.07) is 11.6. The second kappa shape index (κ2) is 7.63. The molecule has 34 heavy (non-hydrogen) atoms. The molecule has 8 heteroatoms. The fourth-order valence-electron chi connectivity index (χ4n) is 6.20. The van der Waals surface area contributed by atoms with Crippen LogP contribution in [0.4, 0.5) is 0 Å². The predicted molar refractivity (Wildman–Crippen MR) is 126 cm³/mol. The van der Waals surface area contributed by atoms with Crippen molar-refractivity contribution < 1.29 is 9.73 Å².